The minimum Gasteiger partial charge on any atom is -0.382 e. The number of carbonyl (C=O) groups is 2. The summed E-state index contributed by atoms with van der Waals surface area (Å²) in [6.07, 6.45) is -1.26. The summed E-state index contributed by atoms with van der Waals surface area (Å²) in [5.41, 5.74) is 0. The number of amides is 2. The maximum atomic E-state index is 13.2. The standard InChI is InChI=1S/C18H25F3N2O3S/c1-2-26-11-6-10-23(17(25)18(19,20)21)15(14-9-5-12-27-14)16(24)22-13-7-3-4-8-13/h5,9,12-13,15H,2-4,6-8,10-11H2,1H3,(H,22,24). The van der Waals surface area contributed by atoms with Gasteiger partial charge in [-0.05, 0) is 37.6 Å². The van der Waals surface area contributed by atoms with E-state index in [0.29, 0.717) is 16.4 Å². The molecule has 0 radical (unpaired) electrons. The molecule has 1 aromatic heterocycles. The van der Waals surface area contributed by atoms with Crippen LogP contribution in [0.4, 0.5) is 13.2 Å². The molecule has 1 atom stereocenters. The quantitative estimate of drug-likeness (QED) is 0.637. The number of hydrogen-bond donors (Lipinski definition) is 1. The Morgan fingerprint density at radius 2 is 2.07 bits per heavy atom. The molecule has 1 aliphatic rings. The van der Waals surface area contributed by atoms with E-state index in [1.165, 1.54) is 0 Å². The number of nitrogens with one attached hydrogen (secondary N) is 1. The molecule has 0 bridgehead atoms. The van der Waals surface area contributed by atoms with Gasteiger partial charge in [-0.3, -0.25) is 9.59 Å². The molecular formula is C18H25F3N2O3S. The van der Waals surface area contributed by atoms with Crippen LogP contribution in [0, 0.1) is 0 Å². The summed E-state index contributed by atoms with van der Waals surface area (Å²) >= 11 is 1.16. The van der Waals surface area contributed by atoms with Gasteiger partial charge >= 0.3 is 12.1 Å². The van der Waals surface area contributed by atoms with Gasteiger partial charge < -0.3 is 15.0 Å². The van der Waals surface area contributed by atoms with Crippen molar-refractivity contribution in [2.45, 2.75) is 57.3 Å². The van der Waals surface area contributed by atoms with Crippen LogP contribution >= 0.6 is 11.3 Å². The van der Waals surface area contributed by atoms with Gasteiger partial charge in [0.05, 0.1) is 0 Å². The highest BCUT2D eigenvalue weighted by atomic mass is 32.1. The lowest BCUT2D eigenvalue weighted by atomic mass is 10.1. The van der Waals surface area contributed by atoms with Crippen molar-refractivity contribution in [3.05, 3.63) is 22.4 Å². The van der Waals surface area contributed by atoms with Crippen LogP contribution in [-0.4, -0.2) is 48.7 Å². The minimum atomic E-state index is -5.05. The first-order valence-corrected chi connectivity index (χ1v) is 10.0. The van der Waals surface area contributed by atoms with Gasteiger partial charge in [-0.1, -0.05) is 18.9 Å². The Hall–Kier alpha value is -1.61. The molecule has 1 saturated carbocycles. The van der Waals surface area contributed by atoms with E-state index in [-0.39, 0.29) is 25.6 Å². The number of halogens is 3. The lowest BCUT2D eigenvalue weighted by molar-refractivity contribution is -0.188. The summed E-state index contributed by atoms with van der Waals surface area (Å²) in [7, 11) is 0. The Morgan fingerprint density at radius 3 is 2.63 bits per heavy atom. The Bertz CT molecular complexity index is 601. The molecule has 1 heterocycles. The number of ether oxygens (including phenoxy) is 1. The van der Waals surface area contributed by atoms with Crippen molar-refractivity contribution < 1.29 is 27.5 Å². The topological polar surface area (TPSA) is 58.6 Å². The molecule has 2 amide bonds. The second-order valence-corrected chi connectivity index (χ2v) is 7.43. The van der Waals surface area contributed by atoms with Gasteiger partial charge in [0.25, 0.3) is 0 Å². The molecule has 0 aliphatic heterocycles. The number of alkyl halides is 3. The minimum absolute atomic E-state index is 0.0498. The number of thiophene rings is 1. The molecule has 1 fully saturated rings. The largest absolute Gasteiger partial charge is 0.471 e. The third-order valence-electron chi connectivity index (χ3n) is 4.47. The SMILES string of the molecule is CCOCCCN(C(=O)C(F)(F)F)C(C(=O)NC1CCCC1)c1cccs1. The monoisotopic (exact) mass is 406 g/mol. The molecule has 1 unspecified atom stereocenters. The first-order valence-electron chi connectivity index (χ1n) is 9.14. The van der Waals surface area contributed by atoms with E-state index in [4.69, 9.17) is 4.74 Å². The normalized spacial score (nSPS) is 16.3. The molecule has 0 aromatic carbocycles. The van der Waals surface area contributed by atoms with E-state index >= 15 is 0 Å². The van der Waals surface area contributed by atoms with Gasteiger partial charge in [-0.15, -0.1) is 11.3 Å². The van der Waals surface area contributed by atoms with E-state index in [0.717, 1.165) is 37.0 Å². The zero-order valence-corrected chi connectivity index (χ0v) is 16.1. The maximum Gasteiger partial charge on any atom is 0.471 e. The fourth-order valence-electron chi connectivity index (χ4n) is 3.21. The fourth-order valence-corrected chi connectivity index (χ4v) is 4.05. The predicted molar refractivity (Wildman–Crippen MR) is 96.3 cm³/mol. The highest BCUT2D eigenvalue weighted by Crippen LogP contribution is 2.31. The molecular weight excluding hydrogens is 381 g/mol. The molecule has 5 nitrogen and oxygen atoms in total. The van der Waals surface area contributed by atoms with Crippen LogP contribution in [0.3, 0.4) is 0 Å². The lowest BCUT2D eigenvalue weighted by Crippen LogP contribution is -2.50. The smallest absolute Gasteiger partial charge is 0.382 e. The molecule has 0 saturated heterocycles. The molecule has 2 rings (SSSR count). The third-order valence-corrected chi connectivity index (χ3v) is 5.39. The average molecular weight is 406 g/mol. The van der Waals surface area contributed by atoms with Crippen molar-refractivity contribution in [3.8, 4) is 0 Å². The summed E-state index contributed by atoms with van der Waals surface area (Å²) in [6, 6.07) is 1.90. The van der Waals surface area contributed by atoms with Crippen LogP contribution in [0.5, 0.6) is 0 Å². The highest BCUT2D eigenvalue weighted by Gasteiger charge is 2.46. The van der Waals surface area contributed by atoms with Crippen molar-refractivity contribution >= 4 is 23.2 Å². The molecule has 152 valence electrons. The predicted octanol–water partition coefficient (Wildman–Crippen LogP) is 3.67. The number of carbonyl (C=O) groups excluding carboxylic acids is 2. The van der Waals surface area contributed by atoms with Gasteiger partial charge in [-0.25, -0.2) is 0 Å². The Morgan fingerprint density at radius 1 is 1.37 bits per heavy atom. The summed E-state index contributed by atoms with van der Waals surface area (Å²) in [5, 5.41) is 4.51. The van der Waals surface area contributed by atoms with E-state index in [1.54, 1.807) is 24.4 Å². The van der Waals surface area contributed by atoms with Crippen LogP contribution in [0.1, 0.15) is 49.9 Å². The number of hydrogen-bond acceptors (Lipinski definition) is 4. The van der Waals surface area contributed by atoms with E-state index in [9.17, 15) is 22.8 Å². The van der Waals surface area contributed by atoms with Gasteiger partial charge in [-0.2, -0.15) is 13.2 Å². The molecule has 1 aliphatic carbocycles. The Balaban J connectivity index is 2.24. The van der Waals surface area contributed by atoms with Crippen LogP contribution < -0.4 is 5.32 Å². The van der Waals surface area contributed by atoms with E-state index in [2.05, 4.69) is 5.32 Å². The Kier molecular flexibility index (Phi) is 8.09. The average Bonchev–Trinajstić information content (AvgIpc) is 3.30. The summed E-state index contributed by atoms with van der Waals surface area (Å²) in [5.74, 6) is -2.56. The first-order chi connectivity index (χ1) is 12.8. The molecule has 1 aromatic rings. The zero-order valence-electron chi connectivity index (χ0n) is 15.3. The molecule has 1 N–H and O–H groups in total. The Labute approximate surface area is 160 Å². The first kappa shape index (κ1) is 21.7. The van der Waals surface area contributed by atoms with Crippen LogP contribution in [0.2, 0.25) is 0 Å². The lowest BCUT2D eigenvalue weighted by Gasteiger charge is -2.31. The van der Waals surface area contributed by atoms with Crippen molar-refractivity contribution in [2.75, 3.05) is 19.8 Å². The van der Waals surface area contributed by atoms with Crippen molar-refractivity contribution in [1.82, 2.24) is 10.2 Å². The second kappa shape index (κ2) is 10.1. The van der Waals surface area contributed by atoms with Crippen LogP contribution in [-0.2, 0) is 14.3 Å². The third kappa shape index (κ3) is 6.21. The summed E-state index contributed by atoms with van der Waals surface area (Å²) in [4.78, 5) is 26.0. The number of nitrogens with zero attached hydrogens (tertiary/aromatic N) is 1. The molecule has 0 spiro atoms. The summed E-state index contributed by atoms with van der Waals surface area (Å²) < 4.78 is 44.8. The van der Waals surface area contributed by atoms with E-state index in [1.807, 2.05) is 0 Å². The second-order valence-electron chi connectivity index (χ2n) is 6.45. The summed E-state index contributed by atoms with van der Waals surface area (Å²) in [6.45, 7) is 2.23. The van der Waals surface area contributed by atoms with Crippen molar-refractivity contribution in [1.29, 1.82) is 0 Å². The zero-order chi connectivity index (χ0) is 19.9. The van der Waals surface area contributed by atoms with Crippen molar-refractivity contribution in [2.24, 2.45) is 0 Å². The van der Waals surface area contributed by atoms with Gasteiger partial charge in [0.1, 0.15) is 6.04 Å². The van der Waals surface area contributed by atoms with Gasteiger partial charge in [0.15, 0.2) is 0 Å². The maximum absolute atomic E-state index is 13.2. The van der Waals surface area contributed by atoms with Gasteiger partial charge in [0, 0.05) is 30.7 Å². The fraction of sp³-hybridized carbons (Fsp3) is 0.667. The van der Waals surface area contributed by atoms with Gasteiger partial charge in [0.2, 0.25) is 5.91 Å². The molecule has 9 heteroatoms. The molecule has 27 heavy (non-hydrogen) atoms. The van der Waals surface area contributed by atoms with Crippen molar-refractivity contribution in [3.63, 3.8) is 0 Å². The van der Waals surface area contributed by atoms with Crippen LogP contribution in [0.25, 0.3) is 0 Å². The van der Waals surface area contributed by atoms with Crippen LogP contribution in [0.15, 0.2) is 17.5 Å². The highest BCUT2D eigenvalue weighted by molar-refractivity contribution is 7.10. The number of rotatable bonds is 9. The van der Waals surface area contributed by atoms with E-state index < -0.39 is 24.0 Å².